The summed E-state index contributed by atoms with van der Waals surface area (Å²) < 4.78 is 7.72. The molecule has 0 radical (unpaired) electrons. The second-order valence-electron chi connectivity index (χ2n) is 6.97. The lowest BCUT2D eigenvalue weighted by molar-refractivity contribution is 0.322. The predicted octanol–water partition coefficient (Wildman–Crippen LogP) is 3.91. The van der Waals surface area contributed by atoms with Crippen molar-refractivity contribution in [3.05, 3.63) is 46.8 Å². The predicted molar refractivity (Wildman–Crippen MR) is 127 cm³/mol. The van der Waals surface area contributed by atoms with Crippen molar-refractivity contribution < 1.29 is 4.74 Å². The molecule has 28 heavy (non-hydrogen) atoms. The van der Waals surface area contributed by atoms with Gasteiger partial charge in [0.2, 0.25) is 0 Å². The Morgan fingerprint density at radius 2 is 1.86 bits per heavy atom. The van der Waals surface area contributed by atoms with Gasteiger partial charge in [-0.1, -0.05) is 26.0 Å². The van der Waals surface area contributed by atoms with Crippen LogP contribution in [-0.4, -0.2) is 35.4 Å². The maximum Gasteiger partial charge on any atom is 0.191 e. The van der Waals surface area contributed by atoms with Gasteiger partial charge in [-0.05, 0) is 44.4 Å². The largest absolute Gasteiger partial charge is 0.492 e. The van der Waals surface area contributed by atoms with Crippen LogP contribution in [0.25, 0.3) is 0 Å². The van der Waals surface area contributed by atoms with Crippen LogP contribution in [0.2, 0.25) is 0 Å². The number of hydrogen-bond donors (Lipinski definition) is 2. The van der Waals surface area contributed by atoms with Crippen molar-refractivity contribution in [1.82, 2.24) is 20.4 Å². The van der Waals surface area contributed by atoms with Crippen molar-refractivity contribution in [3.8, 4) is 5.75 Å². The van der Waals surface area contributed by atoms with E-state index in [1.807, 2.05) is 30.8 Å². The fraction of sp³-hybridized carbons (Fsp3) is 0.524. The first-order valence-electron chi connectivity index (χ1n) is 9.66. The fourth-order valence-corrected chi connectivity index (χ4v) is 2.83. The van der Waals surface area contributed by atoms with E-state index in [9.17, 15) is 0 Å². The van der Waals surface area contributed by atoms with E-state index in [1.54, 1.807) is 0 Å². The first-order chi connectivity index (χ1) is 12.9. The number of ether oxygens (including phenoxy) is 1. The third kappa shape index (κ3) is 7.00. The van der Waals surface area contributed by atoms with Gasteiger partial charge in [0.1, 0.15) is 12.4 Å². The molecule has 0 atom stereocenters. The van der Waals surface area contributed by atoms with E-state index in [1.165, 1.54) is 11.1 Å². The van der Waals surface area contributed by atoms with Gasteiger partial charge >= 0.3 is 0 Å². The lowest BCUT2D eigenvalue weighted by Gasteiger charge is -2.13. The highest BCUT2D eigenvalue weighted by atomic mass is 127. The van der Waals surface area contributed by atoms with E-state index in [2.05, 4.69) is 60.6 Å². The van der Waals surface area contributed by atoms with Gasteiger partial charge in [-0.2, -0.15) is 5.10 Å². The van der Waals surface area contributed by atoms with Crippen LogP contribution in [0.4, 0.5) is 0 Å². The Morgan fingerprint density at radius 1 is 1.18 bits per heavy atom. The summed E-state index contributed by atoms with van der Waals surface area (Å²) in [5, 5.41) is 11.0. The lowest BCUT2D eigenvalue weighted by Crippen LogP contribution is -2.39. The number of nitrogens with zero attached hydrogens (tertiary/aromatic N) is 3. The zero-order valence-electron chi connectivity index (χ0n) is 17.9. The van der Waals surface area contributed by atoms with Gasteiger partial charge in [-0.3, -0.25) is 4.68 Å². The van der Waals surface area contributed by atoms with E-state index < -0.39 is 0 Å². The second-order valence-corrected chi connectivity index (χ2v) is 6.97. The van der Waals surface area contributed by atoms with Crippen molar-refractivity contribution in [2.24, 2.45) is 12.0 Å². The average molecular weight is 499 g/mol. The summed E-state index contributed by atoms with van der Waals surface area (Å²) in [6, 6.07) is 8.31. The van der Waals surface area contributed by atoms with Crippen LogP contribution in [0.15, 0.2) is 29.3 Å². The van der Waals surface area contributed by atoms with Gasteiger partial charge in [0.15, 0.2) is 5.96 Å². The molecule has 156 valence electrons. The fourth-order valence-electron chi connectivity index (χ4n) is 2.83. The van der Waals surface area contributed by atoms with Crippen molar-refractivity contribution >= 4 is 29.9 Å². The molecule has 2 rings (SSSR count). The molecule has 0 aliphatic rings. The van der Waals surface area contributed by atoms with Gasteiger partial charge in [-0.25, -0.2) is 4.99 Å². The lowest BCUT2D eigenvalue weighted by atomic mass is 10.0. The minimum Gasteiger partial charge on any atom is -0.492 e. The average Bonchev–Trinajstić information content (AvgIpc) is 2.88. The molecule has 0 aliphatic carbocycles. The topological polar surface area (TPSA) is 63.5 Å². The molecular formula is C21H34IN5O. The molecule has 2 N–H and O–H groups in total. The summed E-state index contributed by atoms with van der Waals surface area (Å²) in [6.07, 6.45) is 0. The minimum atomic E-state index is 0. The molecule has 0 saturated carbocycles. The van der Waals surface area contributed by atoms with Gasteiger partial charge < -0.3 is 15.4 Å². The summed E-state index contributed by atoms with van der Waals surface area (Å²) in [5.74, 6) is 2.22. The van der Waals surface area contributed by atoms with Crippen LogP contribution in [-0.2, 0) is 13.6 Å². The number of halogens is 1. The van der Waals surface area contributed by atoms with E-state index in [0.29, 0.717) is 25.6 Å². The van der Waals surface area contributed by atoms with Crippen LogP contribution in [0.5, 0.6) is 5.75 Å². The Labute approximate surface area is 186 Å². The zero-order valence-corrected chi connectivity index (χ0v) is 20.2. The van der Waals surface area contributed by atoms with E-state index in [0.717, 1.165) is 29.6 Å². The third-order valence-electron chi connectivity index (χ3n) is 4.61. The molecule has 0 fully saturated rings. The Bertz CT molecular complexity index is 753. The summed E-state index contributed by atoms with van der Waals surface area (Å²) in [6.45, 7) is 13.2. The Morgan fingerprint density at radius 3 is 2.39 bits per heavy atom. The molecule has 1 aromatic carbocycles. The van der Waals surface area contributed by atoms with E-state index in [-0.39, 0.29) is 24.0 Å². The van der Waals surface area contributed by atoms with Crippen LogP contribution in [0.3, 0.4) is 0 Å². The Hall–Kier alpha value is -1.77. The zero-order chi connectivity index (χ0) is 19.8. The third-order valence-corrected chi connectivity index (χ3v) is 4.61. The SMILES string of the molecule is CCNC(=NCc1c(C)nn(C)c1C)NCCOc1ccc(C(C)C)cc1.I. The van der Waals surface area contributed by atoms with E-state index >= 15 is 0 Å². The van der Waals surface area contributed by atoms with E-state index in [4.69, 9.17) is 4.74 Å². The number of nitrogens with one attached hydrogen (secondary N) is 2. The smallest absolute Gasteiger partial charge is 0.191 e. The van der Waals surface area contributed by atoms with Crippen LogP contribution in [0.1, 0.15) is 49.2 Å². The number of hydrogen-bond acceptors (Lipinski definition) is 3. The highest BCUT2D eigenvalue weighted by Crippen LogP contribution is 2.18. The maximum atomic E-state index is 5.82. The van der Waals surface area contributed by atoms with Crippen molar-refractivity contribution in [1.29, 1.82) is 0 Å². The molecule has 7 heteroatoms. The number of rotatable bonds is 8. The molecular weight excluding hydrogens is 465 g/mol. The van der Waals surface area contributed by atoms with Gasteiger partial charge in [0.25, 0.3) is 0 Å². The normalized spacial score (nSPS) is 11.3. The van der Waals surface area contributed by atoms with Gasteiger partial charge in [-0.15, -0.1) is 24.0 Å². The molecule has 0 aliphatic heterocycles. The minimum absolute atomic E-state index is 0. The Balaban J connectivity index is 0.00000392. The molecule has 1 aromatic heterocycles. The highest BCUT2D eigenvalue weighted by Gasteiger charge is 2.09. The second kappa shape index (κ2) is 11.9. The number of aromatic nitrogens is 2. The molecule has 0 spiro atoms. The molecule has 6 nitrogen and oxygen atoms in total. The van der Waals surface area contributed by atoms with Crippen LogP contribution < -0.4 is 15.4 Å². The maximum absolute atomic E-state index is 5.82. The summed E-state index contributed by atoms with van der Waals surface area (Å²) >= 11 is 0. The number of aliphatic imine (C=N–C) groups is 1. The molecule has 0 unspecified atom stereocenters. The van der Waals surface area contributed by atoms with Crippen molar-refractivity contribution in [2.45, 2.75) is 47.1 Å². The summed E-state index contributed by atoms with van der Waals surface area (Å²) in [5.41, 5.74) is 4.68. The monoisotopic (exact) mass is 499 g/mol. The number of benzene rings is 1. The van der Waals surface area contributed by atoms with Crippen LogP contribution >= 0.6 is 24.0 Å². The standard InChI is InChI=1S/C21H33N5O.HI/c1-7-22-21(24-14-20-16(4)25-26(6)17(20)5)23-12-13-27-19-10-8-18(9-11-19)15(2)3;/h8-11,15H,7,12-14H2,1-6H3,(H2,22,23,24);1H. The summed E-state index contributed by atoms with van der Waals surface area (Å²) in [4.78, 5) is 4.68. The first kappa shape index (κ1) is 24.3. The van der Waals surface area contributed by atoms with Gasteiger partial charge in [0.05, 0.1) is 18.8 Å². The number of aryl methyl sites for hydroxylation is 2. The highest BCUT2D eigenvalue weighted by molar-refractivity contribution is 14.0. The molecule has 0 amide bonds. The van der Waals surface area contributed by atoms with Crippen molar-refractivity contribution in [3.63, 3.8) is 0 Å². The summed E-state index contributed by atoms with van der Waals surface area (Å²) in [7, 11) is 1.96. The Kier molecular flexibility index (Phi) is 10.3. The molecule has 1 heterocycles. The first-order valence-corrected chi connectivity index (χ1v) is 9.66. The molecule has 0 bridgehead atoms. The molecule has 0 saturated heterocycles. The number of guanidine groups is 1. The quantitative estimate of drug-likeness (QED) is 0.250. The molecule has 2 aromatic rings. The van der Waals surface area contributed by atoms with Gasteiger partial charge in [0, 0.05) is 24.8 Å². The van der Waals surface area contributed by atoms with Crippen molar-refractivity contribution in [2.75, 3.05) is 19.7 Å². The van der Waals surface area contributed by atoms with Crippen LogP contribution in [0, 0.1) is 13.8 Å².